The maximum absolute atomic E-state index is 11.5. The highest BCUT2D eigenvalue weighted by Crippen LogP contribution is 2.36. The van der Waals surface area contributed by atoms with E-state index in [4.69, 9.17) is 0 Å². The van der Waals surface area contributed by atoms with Gasteiger partial charge in [-0.25, -0.2) is 9.97 Å². The molecule has 0 radical (unpaired) electrons. The van der Waals surface area contributed by atoms with Gasteiger partial charge in [-0.1, -0.05) is 13.3 Å². The summed E-state index contributed by atoms with van der Waals surface area (Å²) < 4.78 is 0. The third-order valence-electron chi connectivity index (χ3n) is 3.59. The molecule has 5 heteroatoms. The van der Waals surface area contributed by atoms with Gasteiger partial charge >= 0.3 is 5.97 Å². The van der Waals surface area contributed by atoms with E-state index in [2.05, 4.69) is 9.97 Å². The van der Waals surface area contributed by atoms with Gasteiger partial charge in [-0.2, -0.15) is 0 Å². The number of carboxylic acids is 1. The number of carbonyl (C=O) groups is 1. The number of hydrogen-bond acceptors (Lipinski definition) is 4. The number of aliphatic carboxylic acids is 1. The molecule has 0 bridgehead atoms. The topological polar surface area (TPSA) is 66.3 Å². The van der Waals surface area contributed by atoms with Gasteiger partial charge in [0.05, 0.1) is 5.41 Å². The van der Waals surface area contributed by atoms with Crippen LogP contribution >= 0.6 is 0 Å². The Morgan fingerprint density at radius 2 is 2.17 bits per heavy atom. The first-order chi connectivity index (χ1) is 8.57. The maximum atomic E-state index is 11.5. The molecule has 1 aliphatic heterocycles. The molecule has 18 heavy (non-hydrogen) atoms. The van der Waals surface area contributed by atoms with Crippen LogP contribution in [-0.2, 0) is 4.79 Å². The van der Waals surface area contributed by atoms with Crippen molar-refractivity contribution in [3.8, 4) is 0 Å². The second-order valence-electron chi connectivity index (χ2n) is 5.07. The molecular formula is C13H19N3O2. The van der Waals surface area contributed by atoms with Gasteiger partial charge in [0.2, 0.25) is 5.95 Å². The van der Waals surface area contributed by atoms with E-state index in [1.165, 1.54) is 0 Å². The molecule has 1 saturated heterocycles. The standard InChI is InChI=1S/C13H19N3O2/c1-3-4-13(11(17)18)5-6-16(9-13)12-14-7-10(2)8-15-12/h7-8H,3-6,9H2,1-2H3,(H,17,18). The van der Waals surface area contributed by atoms with E-state index >= 15 is 0 Å². The van der Waals surface area contributed by atoms with Crippen LogP contribution in [0.4, 0.5) is 5.95 Å². The lowest BCUT2D eigenvalue weighted by Gasteiger charge is -2.24. The van der Waals surface area contributed by atoms with Gasteiger partial charge in [0.25, 0.3) is 0 Å². The van der Waals surface area contributed by atoms with Crippen LogP contribution in [0.3, 0.4) is 0 Å². The van der Waals surface area contributed by atoms with E-state index in [0.717, 1.165) is 18.5 Å². The van der Waals surface area contributed by atoms with Crippen LogP contribution in [0.2, 0.25) is 0 Å². The first-order valence-corrected chi connectivity index (χ1v) is 6.34. The van der Waals surface area contributed by atoms with Crippen LogP contribution in [0.25, 0.3) is 0 Å². The van der Waals surface area contributed by atoms with E-state index in [-0.39, 0.29) is 0 Å². The summed E-state index contributed by atoms with van der Waals surface area (Å²) in [5, 5.41) is 9.44. The zero-order valence-corrected chi connectivity index (χ0v) is 10.9. The summed E-state index contributed by atoms with van der Waals surface area (Å²) in [6.45, 7) is 5.19. The number of anilines is 1. The number of aromatic nitrogens is 2. The Balaban J connectivity index is 2.15. The van der Waals surface area contributed by atoms with Crippen LogP contribution in [0, 0.1) is 12.3 Å². The average molecular weight is 249 g/mol. The Bertz CT molecular complexity index is 432. The molecule has 1 atom stereocenters. The summed E-state index contributed by atoms with van der Waals surface area (Å²) in [6.07, 6.45) is 5.80. The van der Waals surface area contributed by atoms with Gasteiger partial charge in [-0.15, -0.1) is 0 Å². The second kappa shape index (κ2) is 4.92. The van der Waals surface area contributed by atoms with Crippen molar-refractivity contribution in [3.05, 3.63) is 18.0 Å². The Kier molecular flexibility index (Phi) is 3.50. The number of rotatable bonds is 4. The molecule has 0 aliphatic carbocycles. The van der Waals surface area contributed by atoms with Gasteiger partial charge in [0.1, 0.15) is 0 Å². The Morgan fingerprint density at radius 1 is 1.50 bits per heavy atom. The fraction of sp³-hybridized carbons (Fsp3) is 0.615. The molecule has 2 heterocycles. The number of carboxylic acid groups (broad SMARTS) is 1. The number of nitrogens with zero attached hydrogens (tertiary/aromatic N) is 3. The Labute approximate surface area is 107 Å². The highest BCUT2D eigenvalue weighted by Gasteiger charge is 2.44. The minimum absolute atomic E-state index is 0.513. The third-order valence-corrected chi connectivity index (χ3v) is 3.59. The van der Waals surface area contributed by atoms with Crippen molar-refractivity contribution in [2.24, 2.45) is 5.41 Å². The largest absolute Gasteiger partial charge is 0.481 e. The van der Waals surface area contributed by atoms with E-state index in [1.54, 1.807) is 12.4 Å². The Hall–Kier alpha value is -1.65. The zero-order valence-electron chi connectivity index (χ0n) is 10.9. The predicted octanol–water partition coefficient (Wildman–Crippen LogP) is 1.87. The molecule has 1 unspecified atom stereocenters. The van der Waals surface area contributed by atoms with Crippen LogP contribution in [0.5, 0.6) is 0 Å². The monoisotopic (exact) mass is 249 g/mol. The van der Waals surface area contributed by atoms with Crippen molar-refractivity contribution in [1.82, 2.24) is 9.97 Å². The summed E-state index contributed by atoms with van der Waals surface area (Å²) in [7, 11) is 0. The molecule has 5 nitrogen and oxygen atoms in total. The van der Waals surface area contributed by atoms with Crippen molar-refractivity contribution >= 4 is 11.9 Å². The van der Waals surface area contributed by atoms with E-state index in [0.29, 0.717) is 25.3 Å². The number of hydrogen-bond donors (Lipinski definition) is 1. The molecule has 0 spiro atoms. The molecule has 0 amide bonds. The van der Waals surface area contributed by atoms with Gasteiger partial charge in [-0.3, -0.25) is 4.79 Å². The molecular weight excluding hydrogens is 230 g/mol. The van der Waals surface area contributed by atoms with Crippen molar-refractivity contribution in [2.75, 3.05) is 18.0 Å². The lowest BCUT2D eigenvalue weighted by Crippen LogP contribution is -2.35. The first-order valence-electron chi connectivity index (χ1n) is 6.34. The summed E-state index contributed by atoms with van der Waals surface area (Å²) >= 11 is 0. The Morgan fingerprint density at radius 3 is 2.72 bits per heavy atom. The molecule has 1 aliphatic rings. The van der Waals surface area contributed by atoms with Gasteiger partial charge < -0.3 is 10.0 Å². The normalized spacial score (nSPS) is 23.3. The van der Waals surface area contributed by atoms with E-state index < -0.39 is 11.4 Å². The predicted molar refractivity (Wildman–Crippen MR) is 68.6 cm³/mol. The van der Waals surface area contributed by atoms with Gasteiger partial charge in [0.15, 0.2) is 0 Å². The van der Waals surface area contributed by atoms with Crippen molar-refractivity contribution < 1.29 is 9.90 Å². The average Bonchev–Trinajstić information content (AvgIpc) is 2.76. The second-order valence-corrected chi connectivity index (χ2v) is 5.07. The summed E-state index contributed by atoms with van der Waals surface area (Å²) in [6, 6.07) is 0. The van der Waals surface area contributed by atoms with Crippen molar-refractivity contribution in [2.45, 2.75) is 33.1 Å². The molecule has 0 aromatic carbocycles. The number of aryl methyl sites for hydroxylation is 1. The fourth-order valence-corrected chi connectivity index (χ4v) is 2.56. The molecule has 98 valence electrons. The van der Waals surface area contributed by atoms with Crippen LogP contribution in [0.15, 0.2) is 12.4 Å². The van der Waals surface area contributed by atoms with Gasteiger partial charge in [0, 0.05) is 25.5 Å². The van der Waals surface area contributed by atoms with Crippen LogP contribution in [0.1, 0.15) is 31.7 Å². The van der Waals surface area contributed by atoms with Crippen LogP contribution in [-0.4, -0.2) is 34.1 Å². The first kappa shape index (κ1) is 12.8. The van der Waals surface area contributed by atoms with Gasteiger partial charge in [-0.05, 0) is 25.3 Å². The smallest absolute Gasteiger partial charge is 0.311 e. The summed E-state index contributed by atoms with van der Waals surface area (Å²) in [4.78, 5) is 22.0. The minimum Gasteiger partial charge on any atom is -0.481 e. The zero-order chi connectivity index (χ0) is 13.2. The molecule has 1 fully saturated rings. The molecule has 1 aromatic heterocycles. The summed E-state index contributed by atoms with van der Waals surface area (Å²) in [5.74, 6) is -0.0567. The SMILES string of the molecule is CCCC1(C(=O)O)CCN(c2ncc(C)cn2)C1. The quantitative estimate of drug-likeness (QED) is 0.882. The third kappa shape index (κ3) is 2.30. The molecule has 0 saturated carbocycles. The highest BCUT2D eigenvalue weighted by atomic mass is 16.4. The van der Waals surface area contributed by atoms with Crippen molar-refractivity contribution in [3.63, 3.8) is 0 Å². The van der Waals surface area contributed by atoms with Crippen molar-refractivity contribution in [1.29, 1.82) is 0 Å². The van der Waals surface area contributed by atoms with E-state index in [1.807, 2.05) is 18.7 Å². The minimum atomic E-state index is -0.695. The maximum Gasteiger partial charge on any atom is 0.311 e. The van der Waals surface area contributed by atoms with Crippen LogP contribution < -0.4 is 4.90 Å². The van der Waals surface area contributed by atoms with E-state index in [9.17, 15) is 9.90 Å². The fourth-order valence-electron chi connectivity index (χ4n) is 2.56. The molecule has 1 N–H and O–H groups in total. The molecule has 1 aromatic rings. The lowest BCUT2D eigenvalue weighted by atomic mass is 9.83. The molecule has 2 rings (SSSR count). The highest BCUT2D eigenvalue weighted by molar-refractivity contribution is 5.76. The summed E-state index contributed by atoms with van der Waals surface area (Å²) in [5.41, 5.74) is 0.388. The lowest BCUT2D eigenvalue weighted by molar-refractivity contribution is -0.148.